The first-order valence-corrected chi connectivity index (χ1v) is 9.79. The second-order valence-corrected chi connectivity index (χ2v) is 8.99. The van der Waals surface area contributed by atoms with Crippen LogP contribution in [0.1, 0.15) is 80.6 Å². The van der Waals surface area contributed by atoms with Crippen molar-refractivity contribution >= 4 is 28.2 Å². The van der Waals surface area contributed by atoms with E-state index in [4.69, 9.17) is 5.73 Å². The molecule has 2 rings (SSSR count). The molecule has 0 saturated carbocycles. The number of unbranched alkanes of at least 4 members (excludes halogenated alkanes) is 2. The van der Waals surface area contributed by atoms with Crippen molar-refractivity contribution < 1.29 is 9.59 Å². The lowest BCUT2D eigenvalue weighted by molar-refractivity contribution is -0.116. The van der Waals surface area contributed by atoms with Crippen LogP contribution in [0.25, 0.3) is 0 Å². The van der Waals surface area contributed by atoms with Gasteiger partial charge in [-0.25, -0.2) is 0 Å². The van der Waals surface area contributed by atoms with E-state index in [0.717, 1.165) is 44.1 Å². The van der Waals surface area contributed by atoms with Gasteiger partial charge in [-0.05, 0) is 42.6 Å². The first-order valence-electron chi connectivity index (χ1n) is 8.98. The predicted octanol–water partition coefficient (Wildman–Crippen LogP) is 4.52. The van der Waals surface area contributed by atoms with Crippen LogP contribution in [0.2, 0.25) is 0 Å². The number of fused-ring (bicyclic) bond motifs is 1. The minimum absolute atomic E-state index is 0.0167. The molecule has 4 nitrogen and oxygen atoms in total. The molecule has 134 valence electrons. The number of nitrogens with two attached hydrogens (primary N) is 1. The van der Waals surface area contributed by atoms with Crippen molar-refractivity contribution in [3.63, 3.8) is 0 Å². The van der Waals surface area contributed by atoms with Crippen molar-refractivity contribution in [1.29, 1.82) is 0 Å². The van der Waals surface area contributed by atoms with E-state index >= 15 is 0 Å². The second kappa shape index (κ2) is 7.68. The summed E-state index contributed by atoms with van der Waals surface area (Å²) in [6.07, 6.45) is 6.42. The number of carbonyl (C=O) groups is 2. The molecule has 0 bridgehead atoms. The maximum atomic E-state index is 12.1. The molecule has 1 aromatic heterocycles. The lowest BCUT2D eigenvalue weighted by Gasteiger charge is -2.33. The summed E-state index contributed by atoms with van der Waals surface area (Å²) in [6, 6.07) is 0. The van der Waals surface area contributed by atoms with Crippen LogP contribution in [0.15, 0.2) is 0 Å². The van der Waals surface area contributed by atoms with E-state index in [1.165, 1.54) is 4.88 Å². The summed E-state index contributed by atoms with van der Waals surface area (Å²) in [5.41, 5.74) is 7.48. The van der Waals surface area contributed by atoms with Crippen LogP contribution in [0.3, 0.4) is 0 Å². The van der Waals surface area contributed by atoms with Crippen molar-refractivity contribution in [3.8, 4) is 0 Å². The number of thiophene rings is 1. The molecule has 2 amide bonds. The Balaban J connectivity index is 2.20. The maximum absolute atomic E-state index is 12.1. The van der Waals surface area contributed by atoms with Gasteiger partial charge in [0.05, 0.1) is 5.56 Å². The standard InChI is InChI=1S/C19H30N2O2S/c1-5-6-7-8-15(22)21-18-16(17(20)23)13-10-9-12(19(2,3)4)11-14(13)24-18/h12H,5-11H2,1-4H3,(H2,20,23)(H,21,22)/t12-/m0/s1. The average Bonchev–Trinajstić information content (AvgIpc) is 2.83. The molecule has 1 heterocycles. The van der Waals surface area contributed by atoms with E-state index in [9.17, 15) is 9.59 Å². The van der Waals surface area contributed by atoms with Gasteiger partial charge >= 0.3 is 0 Å². The van der Waals surface area contributed by atoms with Crippen molar-refractivity contribution in [2.45, 2.75) is 72.6 Å². The smallest absolute Gasteiger partial charge is 0.251 e. The Bertz CT molecular complexity index is 614. The highest BCUT2D eigenvalue weighted by molar-refractivity contribution is 7.17. The molecule has 0 aliphatic heterocycles. The van der Waals surface area contributed by atoms with Gasteiger partial charge in [0, 0.05) is 11.3 Å². The van der Waals surface area contributed by atoms with Crippen LogP contribution in [-0.4, -0.2) is 11.8 Å². The van der Waals surface area contributed by atoms with E-state index in [1.807, 2.05) is 0 Å². The number of carbonyl (C=O) groups excluding carboxylic acids is 2. The summed E-state index contributed by atoms with van der Waals surface area (Å²) >= 11 is 1.54. The highest BCUT2D eigenvalue weighted by Crippen LogP contribution is 2.44. The van der Waals surface area contributed by atoms with E-state index in [0.29, 0.717) is 22.9 Å². The number of primary amides is 1. The van der Waals surface area contributed by atoms with E-state index in [2.05, 4.69) is 33.0 Å². The number of anilines is 1. The van der Waals surface area contributed by atoms with Crippen LogP contribution in [0.5, 0.6) is 0 Å². The zero-order valence-electron chi connectivity index (χ0n) is 15.3. The number of hydrogen-bond acceptors (Lipinski definition) is 3. The fraction of sp³-hybridized carbons (Fsp3) is 0.684. The maximum Gasteiger partial charge on any atom is 0.251 e. The number of nitrogens with one attached hydrogen (secondary N) is 1. The quantitative estimate of drug-likeness (QED) is 0.741. The average molecular weight is 351 g/mol. The lowest BCUT2D eigenvalue weighted by Crippen LogP contribution is -2.27. The molecule has 5 heteroatoms. The summed E-state index contributed by atoms with van der Waals surface area (Å²) < 4.78 is 0. The SMILES string of the molecule is CCCCCC(=O)Nc1sc2c(c1C(N)=O)CC[C@H](C(C)(C)C)C2. The van der Waals surface area contributed by atoms with Crippen LogP contribution >= 0.6 is 11.3 Å². The highest BCUT2D eigenvalue weighted by Gasteiger charge is 2.33. The molecule has 0 spiro atoms. The summed E-state index contributed by atoms with van der Waals surface area (Å²) in [4.78, 5) is 25.3. The largest absolute Gasteiger partial charge is 0.365 e. The Labute approximate surface area is 149 Å². The molecule has 0 unspecified atom stereocenters. The van der Waals surface area contributed by atoms with Gasteiger partial charge in [0.25, 0.3) is 5.91 Å². The van der Waals surface area contributed by atoms with Crippen molar-refractivity contribution in [2.75, 3.05) is 5.32 Å². The second-order valence-electron chi connectivity index (χ2n) is 7.88. The summed E-state index contributed by atoms with van der Waals surface area (Å²) in [5.74, 6) is 0.153. The third-order valence-electron chi connectivity index (χ3n) is 5.00. The molecule has 1 aromatic rings. The number of amides is 2. The minimum Gasteiger partial charge on any atom is -0.365 e. The Morgan fingerprint density at radius 3 is 2.58 bits per heavy atom. The minimum atomic E-state index is -0.425. The number of rotatable bonds is 6. The third-order valence-corrected chi connectivity index (χ3v) is 6.17. The Hall–Kier alpha value is -1.36. The third kappa shape index (κ3) is 4.38. The highest BCUT2D eigenvalue weighted by atomic mass is 32.1. The van der Waals surface area contributed by atoms with Crippen molar-refractivity contribution in [2.24, 2.45) is 17.1 Å². The summed E-state index contributed by atoms with van der Waals surface area (Å²) in [5, 5.41) is 3.60. The molecule has 0 aromatic carbocycles. The van der Waals surface area contributed by atoms with Crippen LogP contribution < -0.4 is 11.1 Å². The molecule has 0 radical (unpaired) electrons. The molecular formula is C19H30N2O2S. The normalized spacial score (nSPS) is 17.4. The van der Waals surface area contributed by atoms with Gasteiger partial charge in [0.2, 0.25) is 5.91 Å². The molecule has 1 aliphatic carbocycles. The topological polar surface area (TPSA) is 72.2 Å². The van der Waals surface area contributed by atoms with Crippen LogP contribution in [-0.2, 0) is 17.6 Å². The Kier molecular flexibility index (Phi) is 6.07. The van der Waals surface area contributed by atoms with Crippen molar-refractivity contribution in [1.82, 2.24) is 0 Å². The van der Waals surface area contributed by atoms with Crippen LogP contribution in [0, 0.1) is 11.3 Å². The molecule has 0 fully saturated rings. The van der Waals surface area contributed by atoms with E-state index < -0.39 is 5.91 Å². The van der Waals surface area contributed by atoms with Gasteiger partial charge in [-0.2, -0.15) is 0 Å². The summed E-state index contributed by atoms with van der Waals surface area (Å²) in [6.45, 7) is 8.91. The lowest BCUT2D eigenvalue weighted by atomic mass is 9.72. The Morgan fingerprint density at radius 2 is 2.00 bits per heavy atom. The first-order chi connectivity index (χ1) is 11.2. The van der Waals surface area contributed by atoms with E-state index in [1.54, 1.807) is 11.3 Å². The molecule has 24 heavy (non-hydrogen) atoms. The first kappa shape index (κ1) is 19.0. The fourth-order valence-corrected chi connectivity index (χ4v) is 4.75. The fourth-order valence-electron chi connectivity index (χ4n) is 3.40. The molecule has 1 atom stereocenters. The monoisotopic (exact) mass is 350 g/mol. The van der Waals surface area contributed by atoms with Gasteiger partial charge in [-0.15, -0.1) is 11.3 Å². The molecule has 0 saturated heterocycles. The predicted molar refractivity (Wildman–Crippen MR) is 101 cm³/mol. The van der Waals surface area contributed by atoms with Gasteiger partial charge in [-0.3, -0.25) is 9.59 Å². The zero-order chi connectivity index (χ0) is 17.9. The van der Waals surface area contributed by atoms with Gasteiger partial charge in [-0.1, -0.05) is 40.5 Å². The zero-order valence-corrected chi connectivity index (χ0v) is 16.1. The van der Waals surface area contributed by atoms with E-state index in [-0.39, 0.29) is 11.3 Å². The molecule has 1 aliphatic rings. The van der Waals surface area contributed by atoms with Crippen LogP contribution in [0.4, 0.5) is 5.00 Å². The molecular weight excluding hydrogens is 320 g/mol. The summed E-state index contributed by atoms with van der Waals surface area (Å²) in [7, 11) is 0. The van der Waals surface area contributed by atoms with Gasteiger partial charge in [0.15, 0.2) is 0 Å². The Morgan fingerprint density at radius 1 is 1.29 bits per heavy atom. The molecule has 3 N–H and O–H groups in total. The van der Waals surface area contributed by atoms with Gasteiger partial charge < -0.3 is 11.1 Å². The number of hydrogen-bond donors (Lipinski definition) is 2. The van der Waals surface area contributed by atoms with Gasteiger partial charge in [0.1, 0.15) is 5.00 Å². The van der Waals surface area contributed by atoms with Crippen molar-refractivity contribution in [3.05, 3.63) is 16.0 Å².